The van der Waals surface area contributed by atoms with Gasteiger partial charge >= 0.3 is 0 Å². The third kappa shape index (κ3) is 4.87. The normalized spacial score (nSPS) is 14.2. The number of hydrogen-bond donors (Lipinski definition) is 3. The van der Waals surface area contributed by atoms with Crippen molar-refractivity contribution in [1.82, 2.24) is 15.3 Å². The number of H-pyrrole nitrogens is 1. The molecule has 5 nitrogen and oxygen atoms in total. The van der Waals surface area contributed by atoms with E-state index < -0.39 is 0 Å². The SMILES string of the molecule is CCC(NC(=O)CCC(C)CCN)c1ncc[nH]1. The average molecular weight is 252 g/mol. The zero-order valence-corrected chi connectivity index (χ0v) is 11.3. The summed E-state index contributed by atoms with van der Waals surface area (Å²) in [4.78, 5) is 19.0. The fraction of sp³-hybridized carbons (Fsp3) is 0.692. The number of nitrogens with zero attached hydrogens (tertiary/aromatic N) is 1. The van der Waals surface area contributed by atoms with Crippen LogP contribution in [0.25, 0.3) is 0 Å². The number of hydrogen-bond acceptors (Lipinski definition) is 3. The van der Waals surface area contributed by atoms with Crippen LogP contribution in [-0.4, -0.2) is 22.4 Å². The molecule has 0 aliphatic rings. The molecule has 0 aliphatic carbocycles. The predicted molar refractivity (Wildman–Crippen MR) is 71.8 cm³/mol. The van der Waals surface area contributed by atoms with Gasteiger partial charge in [-0.1, -0.05) is 13.8 Å². The fourth-order valence-corrected chi connectivity index (χ4v) is 1.90. The maximum Gasteiger partial charge on any atom is 0.220 e. The van der Waals surface area contributed by atoms with Gasteiger partial charge in [-0.2, -0.15) is 0 Å². The maximum atomic E-state index is 11.8. The lowest BCUT2D eigenvalue weighted by Crippen LogP contribution is -2.29. The molecule has 1 aromatic rings. The van der Waals surface area contributed by atoms with Crippen LogP contribution in [0.15, 0.2) is 12.4 Å². The molecule has 1 heterocycles. The van der Waals surface area contributed by atoms with E-state index in [1.54, 1.807) is 12.4 Å². The number of nitrogens with two attached hydrogens (primary N) is 1. The summed E-state index contributed by atoms with van der Waals surface area (Å²) in [5.74, 6) is 1.41. The second kappa shape index (κ2) is 7.87. The largest absolute Gasteiger partial charge is 0.347 e. The van der Waals surface area contributed by atoms with Crippen molar-refractivity contribution in [2.75, 3.05) is 6.54 Å². The first-order valence-electron chi connectivity index (χ1n) is 6.66. The summed E-state index contributed by atoms with van der Waals surface area (Å²) in [5.41, 5.74) is 5.49. The van der Waals surface area contributed by atoms with Gasteiger partial charge in [-0.15, -0.1) is 0 Å². The summed E-state index contributed by atoms with van der Waals surface area (Å²) in [6.07, 6.45) is 6.72. The smallest absolute Gasteiger partial charge is 0.220 e. The molecule has 0 aliphatic heterocycles. The van der Waals surface area contributed by atoms with Crippen molar-refractivity contribution in [3.8, 4) is 0 Å². The van der Waals surface area contributed by atoms with E-state index in [4.69, 9.17) is 5.73 Å². The van der Waals surface area contributed by atoms with Crippen LogP contribution < -0.4 is 11.1 Å². The standard InChI is InChI=1S/C13H24N4O/c1-3-11(13-15-8-9-16-13)17-12(18)5-4-10(2)6-7-14/h8-11H,3-7,14H2,1-2H3,(H,15,16)(H,17,18). The first kappa shape index (κ1) is 14.7. The van der Waals surface area contributed by atoms with E-state index in [0.717, 1.165) is 25.1 Å². The lowest BCUT2D eigenvalue weighted by Gasteiger charge is -2.15. The molecule has 0 spiro atoms. The van der Waals surface area contributed by atoms with E-state index in [0.29, 0.717) is 18.9 Å². The number of imidazole rings is 1. The number of amides is 1. The summed E-state index contributed by atoms with van der Waals surface area (Å²) in [5, 5.41) is 3.00. The number of aromatic amines is 1. The van der Waals surface area contributed by atoms with Crippen molar-refractivity contribution in [3.05, 3.63) is 18.2 Å². The van der Waals surface area contributed by atoms with Crippen molar-refractivity contribution in [2.24, 2.45) is 11.7 Å². The quantitative estimate of drug-likeness (QED) is 0.659. The molecular weight excluding hydrogens is 228 g/mol. The minimum atomic E-state index is -0.0164. The number of nitrogens with one attached hydrogen (secondary N) is 2. The molecule has 102 valence electrons. The Kier molecular flexibility index (Phi) is 6.43. The molecule has 2 atom stereocenters. The highest BCUT2D eigenvalue weighted by molar-refractivity contribution is 5.76. The predicted octanol–water partition coefficient (Wildman–Crippen LogP) is 1.74. The summed E-state index contributed by atoms with van der Waals surface area (Å²) in [6, 6.07) is -0.0164. The molecule has 0 aromatic carbocycles. The highest BCUT2D eigenvalue weighted by Crippen LogP contribution is 2.13. The van der Waals surface area contributed by atoms with E-state index in [1.807, 2.05) is 6.92 Å². The van der Waals surface area contributed by atoms with Gasteiger partial charge in [0.2, 0.25) is 5.91 Å². The number of carbonyl (C=O) groups excluding carboxylic acids is 1. The van der Waals surface area contributed by atoms with Crippen molar-refractivity contribution < 1.29 is 4.79 Å². The van der Waals surface area contributed by atoms with Gasteiger partial charge < -0.3 is 16.0 Å². The maximum absolute atomic E-state index is 11.8. The molecule has 0 fully saturated rings. The van der Waals surface area contributed by atoms with Crippen molar-refractivity contribution in [2.45, 2.75) is 45.6 Å². The lowest BCUT2D eigenvalue weighted by molar-refractivity contribution is -0.122. The summed E-state index contributed by atoms with van der Waals surface area (Å²) in [7, 11) is 0. The Morgan fingerprint density at radius 2 is 2.33 bits per heavy atom. The highest BCUT2D eigenvalue weighted by atomic mass is 16.1. The lowest BCUT2D eigenvalue weighted by atomic mass is 10.0. The van der Waals surface area contributed by atoms with Gasteiger partial charge in [-0.05, 0) is 31.7 Å². The molecule has 1 aromatic heterocycles. The van der Waals surface area contributed by atoms with Gasteiger partial charge in [0, 0.05) is 18.8 Å². The zero-order valence-electron chi connectivity index (χ0n) is 11.3. The molecule has 0 saturated heterocycles. The highest BCUT2D eigenvalue weighted by Gasteiger charge is 2.15. The Hall–Kier alpha value is -1.36. The third-order valence-corrected chi connectivity index (χ3v) is 3.12. The van der Waals surface area contributed by atoms with Crippen LogP contribution >= 0.6 is 0 Å². The second-order valence-electron chi connectivity index (χ2n) is 4.72. The molecule has 5 heteroatoms. The van der Waals surface area contributed by atoms with Crippen LogP contribution in [-0.2, 0) is 4.79 Å². The topological polar surface area (TPSA) is 83.8 Å². The number of carbonyl (C=O) groups is 1. The summed E-state index contributed by atoms with van der Waals surface area (Å²) < 4.78 is 0. The van der Waals surface area contributed by atoms with Gasteiger partial charge in [0.1, 0.15) is 5.82 Å². The first-order valence-corrected chi connectivity index (χ1v) is 6.66. The van der Waals surface area contributed by atoms with E-state index >= 15 is 0 Å². The Morgan fingerprint density at radius 1 is 1.56 bits per heavy atom. The minimum absolute atomic E-state index is 0.0164. The van der Waals surface area contributed by atoms with Crippen LogP contribution in [0.5, 0.6) is 0 Å². The van der Waals surface area contributed by atoms with Crippen LogP contribution in [0.4, 0.5) is 0 Å². The Labute approximate surface area is 109 Å². The Balaban J connectivity index is 2.34. The molecule has 2 unspecified atom stereocenters. The van der Waals surface area contributed by atoms with Gasteiger partial charge in [0.05, 0.1) is 6.04 Å². The first-order chi connectivity index (χ1) is 8.67. The van der Waals surface area contributed by atoms with Crippen LogP contribution in [0, 0.1) is 5.92 Å². The van der Waals surface area contributed by atoms with Crippen molar-refractivity contribution >= 4 is 5.91 Å². The van der Waals surface area contributed by atoms with Crippen molar-refractivity contribution in [3.63, 3.8) is 0 Å². The zero-order chi connectivity index (χ0) is 13.4. The van der Waals surface area contributed by atoms with Gasteiger partial charge in [-0.25, -0.2) is 4.98 Å². The summed E-state index contributed by atoms with van der Waals surface area (Å²) in [6.45, 7) is 4.85. The molecule has 18 heavy (non-hydrogen) atoms. The molecule has 0 bridgehead atoms. The van der Waals surface area contributed by atoms with Crippen LogP contribution in [0.3, 0.4) is 0 Å². The Bertz CT molecular complexity index is 337. The van der Waals surface area contributed by atoms with E-state index in [2.05, 4.69) is 22.2 Å². The minimum Gasteiger partial charge on any atom is -0.347 e. The van der Waals surface area contributed by atoms with Gasteiger partial charge in [0.25, 0.3) is 0 Å². The third-order valence-electron chi connectivity index (χ3n) is 3.12. The summed E-state index contributed by atoms with van der Waals surface area (Å²) >= 11 is 0. The second-order valence-corrected chi connectivity index (χ2v) is 4.72. The van der Waals surface area contributed by atoms with Crippen LogP contribution in [0.2, 0.25) is 0 Å². The van der Waals surface area contributed by atoms with Gasteiger partial charge in [0.15, 0.2) is 0 Å². The molecule has 0 saturated carbocycles. The molecular formula is C13H24N4O. The fourth-order valence-electron chi connectivity index (χ4n) is 1.90. The average Bonchev–Trinajstić information content (AvgIpc) is 2.87. The van der Waals surface area contributed by atoms with Gasteiger partial charge in [-0.3, -0.25) is 4.79 Å². The molecule has 1 amide bonds. The van der Waals surface area contributed by atoms with E-state index in [9.17, 15) is 4.79 Å². The van der Waals surface area contributed by atoms with Crippen LogP contribution in [0.1, 0.15) is 51.4 Å². The molecule has 0 radical (unpaired) electrons. The monoisotopic (exact) mass is 252 g/mol. The van der Waals surface area contributed by atoms with E-state index in [-0.39, 0.29) is 11.9 Å². The molecule has 1 rings (SSSR count). The van der Waals surface area contributed by atoms with Crippen molar-refractivity contribution in [1.29, 1.82) is 0 Å². The number of rotatable bonds is 8. The Morgan fingerprint density at radius 3 is 2.89 bits per heavy atom. The molecule has 4 N–H and O–H groups in total. The number of aromatic nitrogens is 2. The van der Waals surface area contributed by atoms with E-state index in [1.165, 1.54) is 0 Å².